The third kappa shape index (κ3) is 2.06. The Balaban J connectivity index is 2.06. The van der Waals surface area contributed by atoms with E-state index in [-0.39, 0.29) is 11.3 Å². The van der Waals surface area contributed by atoms with Crippen LogP contribution in [0.25, 0.3) is 0 Å². The Hall–Kier alpha value is -0.870. The zero-order valence-electron chi connectivity index (χ0n) is 8.88. The predicted octanol–water partition coefficient (Wildman–Crippen LogP) is 2.08. The lowest BCUT2D eigenvalue weighted by molar-refractivity contribution is -0.124. The summed E-state index contributed by atoms with van der Waals surface area (Å²) < 4.78 is 0. The first-order valence-electron chi connectivity index (χ1n) is 5.31. The van der Waals surface area contributed by atoms with E-state index in [1.807, 2.05) is 16.8 Å². The van der Waals surface area contributed by atoms with E-state index in [0.717, 1.165) is 31.6 Å². The normalized spacial score (nSPS) is 25.4. The van der Waals surface area contributed by atoms with Gasteiger partial charge in [0.2, 0.25) is 5.91 Å². The highest BCUT2D eigenvalue weighted by Gasteiger charge is 2.39. The van der Waals surface area contributed by atoms with Crippen molar-refractivity contribution in [1.82, 2.24) is 5.32 Å². The minimum atomic E-state index is -0.193. The summed E-state index contributed by atoms with van der Waals surface area (Å²) >= 11 is 1.60. The van der Waals surface area contributed by atoms with Crippen LogP contribution in [0.2, 0.25) is 0 Å². The van der Waals surface area contributed by atoms with Crippen LogP contribution in [0.5, 0.6) is 0 Å². The van der Waals surface area contributed by atoms with Gasteiger partial charge in [0.1, 0.15) is 0 Å². The first kappa shape index (κ1) is 10.6. The Labute approximate surface area is 93.9 Å². The van der Waals surface area contributed by atoms with E-state index in [1.54, 1.807) is 11.3 Å². The fraction of sp³-hybridized carbons (Fsp3) is 0.545. The Kier molecular flexibility index (Phi) is 3.07. The molecule has 0 bridgehead atoms. The molecule has 2 N–H and O–H groups in total. The van der Waals surface area contributed by atoms with Gasteiger partial charge in [0.05, 0.1) is 11.1 Å². The summed E-state index contributed by atoms with van der Waals surface area (Å²) in [5, 5.41) is 10.2. The molecule has 2 heterocycles. The Morgan fingerprint density at radius 3 is 3.13 bits per heavy atom. The Morgan fingerprint density at radius 2 is 2.60 bits per heavy atom. The first-order chi connectivity index (χ1) is 7.27. The van der Waals surface area contributed by atoms with Crippen LogP contribution >= 0.6 is 11.3 Å². The van der Waals surface area contributed by atoms with E-state index in [1.165, 1.54) is 0 Å². The van der Waals surface area contributed by atoms with Gasteiger partial charge >= 0.3 is 0 Å². The highest BCUT2D eigenvalue weighted by atomic mass is 32.1. The summed E-state index contributed by atoms with van der Waals surface area (Å²) in [7, 11) is 0. The average molecular weight is 224 g/mol. The lowest BCUT2D eigenvalue weighted by atomic mass is 9.83. The summed E-state index contributed by atoms with van der Waals surface area (Å²) in [6, 6.07) is 1.94. The molecule has 1 unspecified atom stereocenters. The van der Waals surface area contributed by atoms with Gasteiger partial charge in [-0.25, -0.2) is 0 Å². The van der Waals surface area contributed by atoms with Gasteiger partial charge < -0.3 is 10.6 Å². The van der Waals surface area contributed by atoms with E-state index in [2.05, 4.69) is 17.6 Å². The van der Waals surface area contributed by atoms with Gasteiger partial charge in [0.25, 0.3) is 0 Å². The molecule has 1 atom stereocenters. The van der Waals surface area contributed by atoms with E-state index < -0.39 is 0 Å². The van der Waals surface area contributed by atoms with E-state index in [4.69, 9.17) is 0 Å². The number of carbonyl (C=O) groups is 1. The molecule has 15 heavy (non-hydrogen) atoms. The smallest absolute Gasteiger partial charge is 0.231 e. The summed E-state index contributed by atoms with van der Waals surface area (Å²) in [5.74, 6) is 0.161. The third-order valence-electron chi connectivity index (χ3n) is 3.18. The molecule has 4 heteroatoms. The molecule has 1 amide bonds. The van der Waals surface area contributed by atoms with Crippen molar-refractivity contribution in [1.29, 1.82) is 0 Å². The molecular formula is C11H16N2OS. The Bertz CT molecular complexity index is 328. The minimum absolute atomic E-state index is 0.161. The summed E-state index contributed by atoms with van der Waals surface area (Å²) in [6.07, 6.45) is 1.84. The largest absolute Gasteiger partial charge is 0.325 e. The molecule has 0 radical (unpaired) electrons. The van der Waals surface area contributed by atoms with Crippen LogP contribution in [-0.4, -0.2) is 19.0 Å². The number of nitrogens with one attached hydrogen (secondary N) is 2. The molecule has 1 aliphatic heterocycles. The van der Waals surface area contributed by atoms with Crippen molar-refractivity contribution in [3.8, 4) is 0 Å². The minimum Gasteiger partial charge on any atom is -0.325 e. The first-order valence-corrected chi connectivity index (χ1v) is 6.25. The quantitative estimate of drug-likeness (QED) is 0.825. The molecule has 0 saturated carbocycles. The predicted molar refractivity (Wildman–Crippen MR) is 63.2 cm³/mol. The van der Waals surface area contributed by atoms with Crippen LogP contribution < -0.4 is 10.6 Å². The van der Waals surface area contributed by atoms with E-state index in [0.29, 0.717) is 0 Å². The van der Waals surface area contributed by atoms with Gasteiger partial charge in [-0.05, 0) is 30.8 Å². The number of hydrogen-bond donors (Lipinski definition) is 2. The zero-order valence-corrected chi connectivity index (χ0v) is 9.69. The maximum atomic E-state index is 12.1. The maximum Gasteiger partial charge on any atom is 0.231 e. The molecule has 0 aliphatic carbocycles. The molecular weight excluding hydrogens is 208 g/mol. The fourth-order valence-electron chi connectivity index (χ4n) is 2.00. The van der Waals surface area contributed by atoms with Gasteiger partial charge in [0.15, 0.2) is 0 Å². The van der Waals surface area contributed by atoms with Crippen molar-refractivity contribution in [2.45, 2.75) is 19.8 Å². The van der Waals surface area contributed by atoms with Crippen LogP contribution in [0.1, 0.15) is 19.8 Å². The van der Waals surface area contributed by atoms with E-state index >= 15 is 0 Å². The number of hydrogen-bond acceptors (Lipinski definition) is 3. The highest BCUT2D eigenvalue weighted by molar-refractivity contribution is 7.08. The van der Waals surface area contributed by atoms with Crippen molar-refractivity contribution in [2.24, 2.45) is 5.41 Å². The molecule has 0 spiro atoms. The van der Waals surface area contributed by atoms with Crippen molar-refractivity contribution < 1.29 is 4.79 Å². The lowest BCUT2D eigenvalue weighted by Gasteiger charge is -2.24. The molecule has 1 aromatic rings. The molecule has 2 rings (SSSR count). The van der Waals surface area contributed by atoms with Crippen molar-refractivity contribution in [3.05, 3.63) is 16.8 Å². The van der Waals surface area contributed by atoms with Crippen LogP contribution in [0.15, 0.2) is 16.8 Å². The summed E-state index contributed by atoms with van der Waals surface area (Å²) in [5.41, 5.74) is 0.729. The van der Waals surface area contributed by atoms with Gasteiger partial charge in [0, 0.05) is 11.9 Å². The monoisotopic (exact) mass is 224 g/mol. The molecule has 1 aliphatic rings. The molecule has 1 aromatic heterocycles. The maximum absolute atomic E-state index is 12.1. The number of rotatable bonds is 3. The topological polar surface area (TPSA) is 41.1 Å². The standard InChI is InChI=1S/C11H16N2OS/c1-2-11(4-5-12-8-11)10(14)13-9-3-6-15-7-9/h3,6-7,12H,2,4-5,8H2,1H3,(H,13,14). The molecule has 0 aromatic carbocycles. The van der Waals surface area contributed by atoms with Crippen LogP contribution in [0.4, 0.5) is 5.69 Å². The van der Waals surface area contributed by atoms with Gasteiger partial charge in [-0.1, -0.05) is 6.92 Å². The lowest BCUT2D eigenvalue weighted by Crippen LogP contribution is -2.37. The molecule has 1 saturated heterocycles. The van der Waals surface area contributed by atoms with Gasteiger partial charge in [-0.2, -0.15) is 11.3 Å². The number of thiophene rings is 1. The van der Waals surface area contributed by atoms with Crippen molar-refractivity contribution >= 4 is 22.9 Å². The second kappa shape index (κ2) is 4.33. The van der Waals surface area contributed by atoms with Gasteiger partial charge in [-0.3, -0.25) is 4.79 Å². The summed E-state index contributed by atoms with van der Waals surface area (Å²) in [6.45, 7) is 3.84. The van der Waals surface area contributed by atoms with E-state index in [9.17, 15) is 4.79 Å². The van der Waals surface area contributed by atoms with Crippen molar-refractivity contribution in [2.75, 3.05) is 18.4 Å². The number of amides is 1. The molecule has 3 nitrogen and oxygen atoms in total. The van der Waals surface area contributed by atoms with Crippen LogP contribution in [0, 0.1) is 5.41 Å². The zero-order chi connectivity index (χ0) is 10.7. The van der Waals surface area contributed by atoms with Gasteiger partial charge in [-0.15, -0.1) is 0 Å². The SMILES string of the molecule is CCC1(C(=O)Nc2ccsc2)CCNC1. The van der Waals surface area contributed by atoms with Crippen LogP contribution in [0.3, 0.4) is 0 Å². The summed E-state index contributed by atoms with van der Waals surface area (Å²) in [4.78, 5) is 12.1. The fourth-order valence-corrected chi connectivity index (χ4v) is 2.59. The molecule has 1 fully saturated rings. The number of carbonyl (C=O) groups excluding carboxylic acids is 1. The second-order valence-corrected chi connectivity index (χ2v) is 4.81. The van der Waals surface area contributed by atoms with Crippen LogP contribution in [-0.2, 0) is 4.79 Å². The third-order valence-corrected chi connectivity index (χ3v) is 3.86. The Morgan fingerprint density at radius 1 is 1.73 bits per heavy atom. The molecule has 82 valence electrons. The highest BCUT2D eigenvalue weighted by Crippen LogP contribution is 2.31. The second-order valence-electron chi connectivity index (χ2n) is 4.03. The average Bonchev–Trinajstić information content (AvgIpc) is 2.87. The van der Waals surface area contributed by atoms with Crippen molar-refractivity contribution in [3.63, 3.8) is 0 Å². The number of anilines is 1.